The van der Waals surface area contributed by atoms with Gasteiger partial charge in [0, 0.05) is 24.3 Å². The zero-order valence-corrected chi connectivity index (χ0v) is 34.9. The molecular formula is C46H55N7O6. The molecule has 0 bridgehead atoms. The maximum absolute atomic E-state index is 13.8. The Hall–Kier alpha value is -6.11. The van der Waals surface area contributed by atoms with Crippen LogP contribution in [-0.2, 0) is 19.1 Å². The lowest BCUT2D eigenvalue weighted by atomic mass is 9.99. The molecule has 2 aliphatic heterocycles. The first kappa shape index (κ1) is 41.1. The third-order valence-electron chi connectivity index (χ3n) is 11.8. The highest BCUT2D eigenvalue weighted by Crippen LogP contribution is 2.38. The Morgan fingerprint density at radius 1 is 0.712 bits per heavy atom. The molecule has 2 aliphatic rings. The number of benzene rings is 3. The van der Waals surface area contributed by atoms with E-state index >= 15 is 0 Å². The predicted molar refractivity (Wildman–Crippen MR) is 227 cm³/mol. The lowest BCUT2D eigenvalue weighted by Crippen LogP contribution is -2.51. The molecule has 4 heterocycles. The number of rotatable bonds is 11. The van der Waals surface area contributed by atoms with Gasteiger partial charge in [-0.1, -0.05) is 95.3 Å². The second kappa shape index (κ2) is 17.4. The van der Waals surface area contributed by atoms with Crippen LogP contribution < -0.4 is 10.6 Å². The molecule has 310 valence electrons. The summed E-state index contributed by atoms with van der Waals surface area (Å²) in [5.74, 6) is 0.620. The average molecular weight is 802 g/mol. The van der Waals surface area contributed by atoms with Gasteiger partial charge in [0.25, 0.3) is 0 Å². The van der Waals surface area contributed by atoms with Crippen molar-refractivity contribution in [3.05, 3.63) is 90.5 Å². The molecule has 4 N–H and O–H groups in total. The molecule has 2 aromatic heterocycles. The van der Waals surface area contributed by atoms with Crippen LogP contribution in [0.15, 0.2) is 79.0 Å². The molecule has 5 atom stereocenters. The lowest BCUT2D eigenvalue weighted by molar-refractivity contribution is -0.136. The second-order valence-electron chi connectivity index (χ2n) is 16.6. The van der Waals surface area contributed by atoms with Crippen molar-refractivity contribution in [3.8, 4) is 33.5 Å². The Balaban J connectivity index is 1.03. The van der Waals surface area contributed by atoms with E-state index in [1.165, 1.54) is 14.2 Å². The molecule has 7 rings (SSSR count). The van der Waals surface area contributed by atoms with E-state index in [2.05, 4.69) is 105 Å². The largest absolute Gasteiger partial charge is 0.453 e. The van der Waals surface area contributed by atoms with Crippen LogP contribution in [0.4, 0.5) is 9.59 Å². The number of hydrogen-bond acceptors (Lipinski definition) is 7. The molecule has 2 saturated heterocycles. The van der Waals surface area contributed by atoms with Crippen molar-refractivity contribution < 1.29 is 28.7 Å². The van der Waals surface area contributed by atoms with Gasteiger partial charge in [-0.05, 0) is 82.4 Å². The topological polar surface area (TPSA) is 162 Å². The Labute approximate surface area is 345 Å². The van der Waals surface area contributed by atoms with E-state index in [0.29, 0.717) is 19.0 Å². The number of likely N-dealkylation sites (tertiary alicyclic amines) is 2. The normalized spacial score (nSPS) is 19.0. The van der Waals surface area contributed by atoms with Gasteiger partial charge in [0.2, 0.25) is 11.8 Å². The quantitative estimate of drug-likeness (QED) is 0.105. The molecule has 0 spiro atoms. The zero-order valence-electron chi connectivity index (χ0n) is 34.9. The van der Waals surface area contributed by atoms with Crippen LogP contribution in [0.5, 0.6) is 0 Å². The number of aromatic amines is 2. The van der Waals surface area contributed by atoms with Gasteiger partial charge >= 0.3 is 12.2 Å². The zero-order chi connectivity index (χ0) is 42.0. The SMILES string of the molecule is COC(=O)N[C@H](C(=O)N1C[C@@H](C)C[C@H]1c1cc2ccc(-c3ccc(-c4ccc(-c5cnc([C@@H]6CCCN6C(=O)[C@@H](NC(=O)OC)C(C)C)[nH]5)cc4)cc3)cc2[nH]1)C(C)C. The number of methoxy groups -OCH3 is 2. The number of carbonyl (C=O) groups excluding carboxylic acids is 4. The minimum Gasteiger partial charge on any atom is -0.453 e. The number of amides is 4. The van der Waals surface area contributed by atoms with Gasteiger partial charge in [-0.2, -0.15) is 0 Å². The van der Waals surface area contributed by atoms with Crippen LogP contribution in [0.3, 0.4) is 0 Å². The number of aromatic nitrogens is 3. The first-order valence-electron chi connectivity index (χ1n) is 20.5. The molecule has 3 aromatic carbocycles. The molecule has 0 aliphatic carbocycles. The molecule has 4 amide bonds. The Morgan fingerprint density at radius 3 is 1.83 bits per heavy atom. The smallest absolute Gasteiger partial charge is 0.407 e. The van der Waals surface area contributed by atoms with Gasteiger partial charge < -0.3 is 39.9 Å². The molecular weight excluding hydrogens is 747 g/mol. The van der Waals surface area contributed by atoms with E-state index in [1.54, 1.807) is 0 Å². The number of hydrogen-bond donors (Lipinski definition) is 4. The van der Waals surface area contributed by atoms with E-state index < -0.39 is 24.3 Å². The number of fused-ring (bicyclic) bond motifs is 1. The first-order valence-corrected chi connectivity index (χ1v) is 20.5. The fourth-order valence-electron chi connectivity index (χ4n) is 8.51. The summed E-state index contributed by atoms with van der Waals surface area (Å²) in [5, 5.41) is 6.52. The summed E-state index contributed by atoms with van der Waals surface area (Å²) in [6.45, 7) is 11.0. The Kier molecular flexibility index (Phi) is 12.1. The standard InChI is InChI=1S/C46H55N7O6/c1-26(2)40(50-45(56)58-6)43(54)52-20-8-9-38(52)42-47-24-37(49-42)32-16-14-30(15-17-32)29-10-12-31(13-11-29)33-18-19-34-23-36(48-35(34)22-33)39-21-28(5)25-53(39)44(55)41(27(3)4)51-46(57)59-7/h10-19,22-24,26-28,38-41,48H,8-9,20-21,25H2,1-7H3,(H,47,49)(H,50,56)(H,51,57)/t28-,38-,39-,40-,41-/m0/s1. The number of alkyl carbamates (subject to hydrolysis) is 2. The Bertz CT molecular complexity index is 2300. The molecule has 13 nitrogen and oxygen atoms in total. The van der Waals surface area contributed by atoms with Crippen LogP contribution in [0.1, 0.15) is 77.5 Å². The van der Waals surface area contributed by atoms with E-state index in [4.69, 9.17) is 9.47 Å². The number of nitrogens with one attached hydrogen (secondary N) is 4. The summed E-state index contributed by atoms with van der Waals surface area (Å²) < 4.78 is 9.57. The van der Waals surface area contributed by atoms with Gasteiger partial charge in [0.15, 0.2) is 0 Å². The molecule has 0 unspecified atom stereocenters. The van der Waals surface area contributed by atoms with Crippen LogP contribution >= 0.6 is 0 Å². The number of imidazole rings is 1. The maximum atomic E-state index is 13.8. The van der Waals surface area contributed by atoms with Gasteiger partial charge in [-0.15, -0.1) is 0 Å². The van der Waals surface area contributed by atoms with Crippen LogP contribution in [0.2, 0.25) is 0 Å². The van der Waals surface area contributed by atoms with E-state index in [9.17, 15) is 19.2 Å². The molecule has 0 radical (unpaired) electrons. The van der Waals surface area contributed by atoms with Crippen molar-refractivity contribution in [1.82, 2.24) is 35.4 Å². The van der Waals surface area contributed by atoms with Crippen molar-refractivity contribution in [2.75, 3.05) is 27.3 Å². The molecule has 59 heavy (non-hydrogen) atoms. The molecule has 2 fully saturated rings. The molecule has 0 saturated carbocycles. The summed E-state index contributed by atoms with van der Waals surface area (Å²) in [6.07, 6.45) is 3.06. The third kappa shape index (κ3) is 8.69. The minimum atomic E-state index is -0.684. The summed E-state index contributed by atoms with van der Waals surface area (Å²) in [5.41, 5.74) is 8.20. The fourth-order valence-corrected chi connectivity index (χ4v) is 8.51. The van der Waals surface area contributed by atoms with Crippen LogP contribution in [-0.4, -0.2) is 88.1 Å². The first-order chi connectivity index (χ1) is 28.3. The minimum absolute atomic E-state index is 0.0942. The monoisotopic (exact) mass is 801 g/mol. The van der Waals surface area contributed by atoms with E-state index in [0.717, 1.165) is 75.2 Å². The van der Waals surface area contributed by atoms with Crippen molar-refractivity contribution in [2.45, 2.75) is 78.0 Å². The number of H-pyrrole nitrogens is 2. The van der Waals surface area contributed by atoms with Gasteiger partial charge in [-0.25, -0.2) is 14.6 Å². The second-order valence-corrected chi connectivity index (χ2v) is 16.6. The molecule has 5 aromatic rings. The highest BCUT2D eigenvalue weighted by Gasteiger charge is 2.40. The molecule has 13 heteroatoms. The van der Waals surface area contributed by atoms with Crippen molar-refractivity contribution in [2.24, 2.45) is 17.8 Å². The highest BCUT2D eigenvalue weighted by molar-refractivity contribution is 5.89. The number of nitrogens with zero attached hydrogens (tertiary/aromatic N) is 3. The summed E-state index contributed by atoms with van der Waals surface area (Å²) in [6, 6.07) is 23.7. The van der Waals surface area contributed by atoms with Gasteiger partial charge in [0.05, 0.1) is 38.2 Å². The van der Waals surface area contributed by atoms with Crippen LogP contribution in [0, 0.1) is 17.8 Å². The average Bonchev–Trinajstić information content (AvgIpc) is 4.07. The van der Waals surface area contributed by atoms with Gasteiger partial charge in [-0.3, -0.25) is 9.59 Å². The maximum Gasteiger partial charge on any atom is 0.407 e. The van der Waals surface area contributed by atoms with E-state index in [1.807, 2.05) is 43.7 Å². The highest BCUT2D eigenvalue weighted by atomic mass is 16.5. The summed E-state index contributed by atoms with van der Waals surface area (Å²) in [7, 11) is 2.60. The van der Waals surface area contributed by atoms with Crippen molar-refractivity contribution in [1.29, 1.82) is 0 Å². The third-order valence-corrected chi connectivity index (χ3v) is 11.8. The summed E-state index contributed by atoms with van der Waals surface area (Å²) >= 11 is 0. The van der Waals surface area contributed by atoms with Crippen LogP contribution in [0.25, 0.3) is 44.4 Å². The fraction of sp³-hybridized carbons (Fsp3) is 0.413. The van der Waals surface area contributed by atoms with Gasteiger partial charge in [0.1, 0.15) is 17.9 Å². The summed E-state index contributed by atoms with van der Waals surface area (Å²) in [4.78, 5) is 66.9. The lowest BCUT2D eigenvalue weighted by Gasteiger charge is -2.30. The van der Waals surface area contributed by atoms with Crippen molar-refractivity contribution in [3.63, 3.8) is 0 Å². The Morgan fingerprint density at radius 2 is 1.25 bits per heavy atom. The predicted octanol–water partition coefficient (Wildman–Crippen LogP) is 8.23. The number of carbonyl (C=O) groups is 4. The van der Waals surface area contributed by atoms with Crippen molar-refractivity contribution >= 4 is 34.9 Å². The number of ether oxygens (including phenoxy) is 2. The van der Waals surface area contributed by atoms with E-state index in [-0.39, 0.29) is 35.7 Å².